The molecule has 1 saturated carbocycles. The van der Waals surface area contributed by atoms with Gasteiger partial charge < -0.3 is 20.1 Å². The third-order valence-corrected chi connectivity index (χ3v) is 5.58. The number of nitrogen functional groups attached to an aromatic ring is 1. The molecule has 2 aromatic heterocycles. The lowest BCUT2D eigenvalue weighted by molar-refractivity contribution is 0.110. The van der Waals surface area contributed by atoms with Crippen molar-refractivity contribution in [3.63, 3.8) is 0 Å². The molecule has 3 N–H and O–H groups in total. The Morgan fingerprint density at radius 2 is 2.14 bits per heavy atom. The maximum atomic E-state index is 10.5. The molecule has 0 aliphatic heterocycles. The summed E-state index contributed by atoms with van der Waals surface area (Å²) in [5.74, 6) is 6.39. The first-order valence-corrected chi connectivity index (χ1v) is 10.0. The van der Waals surface area contributed by atoms with Crippen molar-refractivity contribution in [3.8, 4) is 23.1 Å². The molecule has 2 heterocycles. The van der Waals surface area contributed by atoms with Crippen LogP contribution >= 0.6 is 11.6 Å². The van der Waals surface area contributed by atoms with Crippen LogP contribution in [0.1, 0.15) is 31.2 Å². The van der Waals surface area contributed by atoms with E-state index in [1.807, 2.05) is 24.4 Å². The number of nitrogens with zero attached hydrogens (tertiary/aromatic N) is 3. The second kappa shape index (κ2) is 8.03. The fourth-order valence-corrected chi connectivity index (χ4v) is 3.97. The first-order valence-electron chi connectivity index (χ1n) is 9.65. The van der Waals surface area contributed by atoms with E-state index in [9.17, 15) is 5.11 Å². The van der Waals surface area contributed by atoms with Crippen LogP contribution in [0.5, 0.6) is 0 Å². The van der Waals surface area contributed by atoms with E-state index in [1.54, 1.807) is 7.11 Å². The number of rotatable bonds is 4. The van der Waals surface area contributed by atoms with Gasteiger partial charge in [-0.1, -0.05) is 23.4 Å². The minimum Gasteiger partial charge on any atom is -0.383 e. The maximum Gasteiger partial charge on any atom is 0.220 e. The van der Waals surface area contributed by atoms with E-state index in [1.165, 1.54) is 6.20 Å². The summed E-state index contributed by atoms with van der Waals surface area (Å²) in [4.78, 5) is 8.31. The molecule has 0 radical (unpaired) electrons. The Kier molecular flexibility index (Phi) is 5.46. The molecule has 1 fully saturated rings. The second-order valence-corrected chi connectivity index (χ2v) is 7.78. The summed E-state index contributed by atoms with van der Waals surface area (Å²) in [7, 11) is 1.68. The quantitative estimate of drug-likeness (QED) is 0.641. The minimum absolute atomic E-state index is 0.168. The highest BCUT2D eigenvalue weighted by Gasteiger charge is 2.28. The maximum absolute atomic E-state index is 10.5. The van der Waals surface area contributed by atoms with Crippen LogP contribution in [0.15, 0.2) is 30.6 Å². The average molecular weight is 411 g/mol. The lowest BCUT2D eigenvalue weighted by Crippen LogP contribution is -2.20. The first kappa shape index (κ1) is 19.7. The number of aromatic nitrogens is 3. The van der Waals surface area contributed by atoms with Crippen molar-refractivity contribution in [1.82, 2.24) is 14.5 Å². The van der Waals surface area contributed by atoms with Gasteiger partial charge in [-0.05, 0) is 43.9 Å². The van der Waals surface area contributed by atoms with Gasteiger partial charge in [0, 0.05) is 41.9 Å². The van der Waals surface area contributed by atoms with Crippen LogP contribution in [-0.2, 0) is 11.3 Å². The van der Waals surface area contributed by atoms with Gasteiger partial charge in [0.15, 0.2) is 0 Å². The van der Waals surface area contributed by atoms with Crippen molar-refractivity contribution in [1.29, 1.82) is 0 Å². The van der Waals surface area contributed by atoms with E-state index >= 15 is 0 Å². The van der Waals surface area contributed by atoms with Crippen molar-refractivity contribution >= 4 is 28.5 Å². The van der Waals surface area contributed by atoms with Gasteiger partial charge in [0.2, 0.25) is 5.95 Å². The Morgan fingerprint density at radius 3 is 2.90 bits per heavy atom. The summed E-state index contributed by atoms with van der Waals surface area (Å²) in [6, 6.07) is 6.00. The summed E-state index contributed by atoms with van der Waals surface area (Å²) in [6.45, 7) is 1.27. The normalized spacial score (nSPS) is 15.4. The SMILES string of the molecule is COCCn1cc(-c2nc(N)ncc2Cl)c2cc(C#CC3(O)CCCC3)ccc21. The standard InChI is InChI=1S/C22H23ClN4O2/c1-29-11-10-27-14-17(20-18(23)13-25-21(24)26-20)16-12-15(4-5-19(16)27)6-9-22(28)7-2-3-8-22/h4-5,12-14,28H,2-3,7-8,10-11H2,1H3,(H2,24,25,26). The molecule has 0 bridgehead atoms. The molecule has 0 amide bonds. The molecule has 6 nitrogen and oxygen atoms in total. The molecule has 0 atom stereocenters. The van der Waals surface area contributed by atoms with Crippen molar-refractivity contribution in [2.24, 2.45) is 0 Å². The van der Waals surface area contributed by atoms with Gasteiger partial charge >= 0.3 is 0 Å². The van der Waals surface area contributed by atoms with Crippen LogP contribution in [0.2, 0.25) is 5.02 Å². The highest BCUT2D eigenvalue weighted by molar-refractivity contribution is 6.33. The molecule has 1 aliphatic rings. The van der Waals surface area contributed by atoms with Gasteiger partial charge in [0.05, 0.1) is 23.5 Å². The molecule has 1 aliphatic carbocycles. The topological polar surface area (TPSA) is 86.2 Å². The number of nitrogens with two attached hydrogens (primary N) is 1. The van der Waals surface area contributed by atoms with Gasteiger partial charge in [0.1, 0.15) is 5.60 Å². The molecule has 150 valence electrons. The van der Waals surface area contributed by atoms with Gasteiger partial charge in [-0.2, -0.15) is 0 Å². The summed E-state index contributed by atoms with van der Waals surface area (Å²) >= 11 is 6.37. The molecule has 0 spiro atoms. The van der Waals surface area contributed by atoms with Crippen molar-refractivity contribution in [2.75, 3.05) is 19.5 Å². The highest BCUT2D eigenvalue weighted by Crippen LogP contribution is 2.34. The van der Waals surface area contributed by atoms with Crippen LogP contribution in [0.25, 0.3) is 22.2 Å². The van der Waals surface area contributed by atoms with Crippen LogP contribution in [0.3, 0.4) is 0 Å². The van der Waals surface area contributed by atoms with Crippen molar-refractivity contribution in [2.45, 2.75) is 37.8 Å². The Morgan fingerprint density at radius 1 is 1.34 bits per heavy atom. The average Bonchev–Trinajstić information content (AvgIpc) is 3.31. The van der Waals surface area contributed by atoms with E-state index in [-0.39, 0.29) is 5.95 Å². The monoisotopic (exact) mass is 410 g/mol. The molecule has 4 rings (SSSR count). The fourth-order valence-electron chi connectivity index (χ4n) is 3.78. The largest absolute Gasteiger partial charge is 0.383 e. The molecule has 7 heteroatoms. The number of hydrogen-bond acceptors (Lipinski definition) is 5. The zero-order valence-electron chi connectivity index (χ0n) is 16.3. The third-order valence-electron chi connectivity index (χ3n) is 5.31. The number of aliphatic hydroxyl groups is 1. The fraction of sp³-hybridized carbons (Fsp3) is 0.364. The summed E-state index contributed by atoms with van der Waals surface area (Å²) in [6.07, 6.45) is 7.01. The van der Waals surface area contributed by atoms with E-state index in [4.69, 9.17) is 22.1 Å². The van der Waals surface area contributed by atoms with Gasteiger partial charge in [-0.3, -0.25) is 0 Å². The summed E-state index contributed by atoms with van der Waals surface area (Å²) < 4.78 is 7.34. The third kappa shape index (κ3) is 4.08. The van der Waals surface area contributed by atoms with Gasteiger partial charge in [-0.15, -0.1) is 0 Å². The Labute approximate surface area is 174 Å². The number of hydrogen-bond donors (Lipinski definition) is 2. The zero-order chi connectivity index (χ0) is 20.4. The highest BCUT2D eigenvalue weighted by atomic mass is 35.5. The Balaban J connectivity index is 1.83. The Bertz CT molecular complexity index is 1110. The second-order valence-electron chi connectivity index (χ2n) is 7.37. The number of benzene rings is 1. The lowest BCUT2D eigenvalue weighted by Gasteiger charge is -2.12. The number of fused-ring (bicyclic) bond motifs is 1. The van der Waals surface area contributed by atoms with Crippen LogP contribution in [0, 0.1) is 11.8 Å². The molecule has 0 saturated heterocycles. The van der Waals surface area contributed by atoms with E-state index < -0.39 is 5.60 Å². The predicted octanol–water partition coefficient (Wildman–Crippen LogP) is 3.64. The van der Waals surface area contributed by atoms with Crippen LogP contribution < -0.4 is 5.73 Å². The number of methoxy groups -OCH3 is 1. The zero-order valence-corrected chi connectivity index (χ0v) is 17.0. The number of ether oxygens (including phenoxy) is 1. The van der Waals surface area contributed by atoms with Crippen LogP contribution in [0.4, 0.5) is 5.95 Å². The van der Waals surface area contributed by atoms with Gasteiger partial charge in [-0.25, -0.2) is 9.97 Å². The first-order chi connectivity index (χ1) is 14.0. The molecule has 0 unspecified atom stereocenters. The number of anilines is 1. The number of halogens is 1. The molecule has 3 aromatic rings. The molecule has 29 heavy (non-hydrogen) atoms. The van der Waals surface area contributed by atoms with Crippen LogP contribution in [-0.4, -0.2) is 39.0 Å². The molecular weight excluding hydrogens is 388 g/mol. The summed E-state index contributed by atoms with van der Waals surface area (Å²) in [5, 5.41) is 11.9. The van der Waals surface area contributed by atoms with E-state index in [0.29, 0.717) is 23.9 Å². The van der Waals surface area contributed by atoms with Crippen molar-refractivity contribution < 1.29 is 9.84 Å². The lowest BCUT2D eigenvalue weighted by atomic mass is 10.0. The Hall–Kier alpha value is -2.59. The smallest absolute Gasteiger partial charge is 0.220 e. The molecule has 1 aromatic carbocycles. The van der Waals surface area contributed by atoms with E-state index in [2.05, 4.69) is 26.4 Å². The van der Waals surface area contributed by atoms with Gasteiger partial charge in [0.25, 0.3) is 0 Å². The predicted molar refractivity (Wildman–Crippen MR) is 115 cm³/mol. The molecular formula is C22H23ClN4O2. The van der Waals surface area contributed by atoms with E-state index in [0.717, 1.165) is 47.7 Å². The minimum atomic E-state index is -0.868. The summed E-state index contributed by atoms with van der Waals surface area (Å²) in [5.41, 5.74) is 8.23. The van der Waals surface area contributed by atoms with Crippen molar-refractivity contribution in [3.05, 3.63) is 41.2 Å².